The third-order valence-corrected chi connectivity index (χ3v) is 2.77. The standard InChI is InChI=1S/C12H14N2O/c1-8-2-3-12(9(4-8)7-13)14-10-5-11(15)6-10/h2-4,10-11,14-15H,5-6H2,1H3. The minimum atomic E-state index is -0.168. The van der Waals surface area contributed by atoms with E-state index in [9.17, 15) is 0 Å². The van der Waals surface area contributed by atoms with E-state index in [1.54, 1.807) is 0 Å². The Kier molecular flexibility index (Phi) is 2.61. The fourth-order valence-electron chi connectivity index (χ4n) is 1.80. The Labute approximate surface area is 89.4 Å². The molecule has 0 amide bonds. The summed E-state index contributed by atoms with van der Waals surface area (Å²) in [6, 6.07) is 8.28. The SMILES string of the molecule is Cc1ccc(NC2CC(O)C2)c(C#N)c1. The van der Waals surface area contributed by atoms with Gasteiger partial charge >= 0.3 is 0 Å². The molecule has 1 saturated carbocycles. The van der Waals surface area contributed by atoms with E-state index in [4.69, 9.17) is 10.4 Å². The van der Waals surface area contributed by atoms with Gasteiger partial charge in [0.25, 0.3) is 0 Å². The molecular weight excluding hydrogens is 188 g/mol. The normalized spacial score (nSPS) is 24.1. The van der Waals surface area contributed by atoms with E-state index >= 15 is 0 Å². The van der Waals surface area contributed by atoms with Crippen molar-refractivity contribution in [1.29, 1.82) is 5.26 Å². The highest BCUT2D eigenvalue weighted by atomic mass is 16.3. The number of hydrogen-bond donors (Lipinski definition) is 2. The summed E-state index contributed by atoms with van der Waals surface area (Å²) in [7, 11) is 0. The van der Waals surface area contributed by atoms with Gasteiger partial charge in [-0.05, 0) is 37.5 Å². The molecule has 0 radical (unpaired) electrons. The van der Waals surface area contributed by atoms with Crippen molar-refractivity contribution >= 4 is 5.69 Å². The van der Waals surface area contributed by atoms with Crippen LogP contribution in [0.3, 0.4) is 0 Å². The second-order valence-corrected chi connectivity index (χ2v) is 4.13. The van der Waals surface area contributed by atoms with E-state index in [1.807, 2.05) is 25.1 Å². The van der Waals surface area contributed by atoms with Crippen molar-refractivity contribution in [2.24, 2.45) is 0 Å². The predicted molar refractivity (Wildman–Crippen MR) is 58.5 cm³/mol. The lowest BCUT2D eigenvalue weighted by atomic mass is 9.89. The van der Waals surface area contributed by atoms with Gasteiger partial charge in [0.05, 0.1) is 17.4 Å². The Hall–Kier alpha value is -1.53. The molecule has 1 fully saturated rings. The minimum Gasteiger partial charge on any atom is -0.393 e. The largest absolute Gasteiger partial charge is 0.393 e. The van der Waals surface area contributed by atoms with E-state index < -0.39 is 0 Å². The van der Waals surface area contributed by atoms with E-state index in [2.05, 4.69) is 11.4 Å². The van der Waals surface area contributed by atoms with Gasteiger partial charge in [0.1, 0.15) is 6.07 Å². The zero-order valence-electron chi connectivity index (χ0n) is 8.70. The monoisotopic (exact) mass is 202 g/mol. The highest BCUT2D eigenvalue weighted by Gasteiger charge is 2.27. The first-order valence-corrected chi connectivity index (χ1v) is 5.14. The molecule has 15 heavy (non-hydrogen) atoms. The molecule has 0 aliphatic heterocycles. The smallest absolute Gasteiger partial charge is 0.101 e. The second kappa shape index (κ2) is 3.92. The number of aryl methyl sites for hydroxylation is 1. The maximum Gasteiger partial charge on any atom is 0.101 e. The number of aliphatic hydroxyl groups is 1. The van der Waals surface area contributed by atoms with Crippen LogP contribution in [0.4, 0.5) is 5.69 Å². The van der Waals surface area contributed by atoms with Gasteiger partial charge < -0.3 is 10.4 Å². The lowest BCUT2D eigenvalue weighted by Crippen LogP contribution is -2.39. The fraction of sp³-hybridized carbons (Fsp3) is 0.417. The molecule has 2 rings (SSSR count). The zero-order chi connectivity index (χ0) is 10.8. The Bertz CT molecular complexity index is 403. The molecule has 1 aromatic carbocycles. The summed E-state index contributed by atoms with van der Waals surface area (Å²) < 4.78 is 0. The van der Waals surface area contributed by atoms with Crippen molar-refractivity contribution in [2.45, 2.75) is 31.9 Å². The van der Waals surface area contributed by atoms with Gasteiger partial charge in [0, 0.05) is 6.04 Å². The molecule has 3 nitrogen and oxygen atoms in total. The van der Waals surface area contributed by atoms with Gasteiger partial charge in [-0.25, -0.2) is 0 Å². The van der Waals surface area contributed by atoms with Crippen LogP contribution in [0, 0.1) is 18.3 Å². The molecule has 3 heteroatoms. The maximum absolute atomic E-state index is 9.16. The van der Waals surface area contributed by atoms with Crippen molar-refractivity contribution in [3.8, 4) is 6.07 Å². The van der Waals surface area contributed by atoms with Gasteiger partial charge in [0.15, 0.2) is 0 Å². The van der Waals surface area contributed by atoms with E-state index in [0.717, 1.165) is 24.1 Å². The summed E-state index contributed by atoms with van der Waals surface area (Å²) in [4.78, 5) is 0. The number of nitriles is 1. The Morgan fingerprint density at radius 3 is 2.80 bits per heavy atom. The quantitative estimate of drug-likeness (QED) is 0.768. The van der Waals surface area contributed by atoms with Gasteiger partial charge in [-0.15, -0.1) is 0 Å². The van der Waals surface area contributed by atoms with Crippen LogP contribution in [-0.4, -0.2) is 17.3 Å². The molecule has 0 bridgehead atoms. The summed E-state index contributed by atoms with van der Waals surface area (Å²) in [5.74, 6) is 0. The molecule has 0 aromatic heterocycles. The molecule has 0 saturated heterocycles. The average molecular weight is 202 g/mol. The molecule has 0 unspecified atom stereocenters. The predicted octanol–water partition coefficient (Wildman–Crippen LogP) is 1.80. The summed E-state index contributed by atoms with van der Waals surface area (Å²) in [6.45, 7) is 1.97. The third-order valence-electron chi connectivity index (χ3n) is 2.77. The summed E-state index contributed by atoms with van der Waals surface area (Å²) in [5, 5.41) is 21.4. The molecule has 78 valence electrons. The molecule has 1 aliphatic rings. The minimum absolute atomic E-state index is 0.168. The zero-order valence-corrected chi connectivity index (χ0v) is 8.70. The third kappa shape index (κ3) is 2.11. The summed E-state index contributed by atoms with van der Waals surface area (Å²) in [6.07, 6.45) is 1.38. The fourth-order valence-corrected chi connectivity index (χ4v) is 1.80. The topological polar surface area (TPSA) is 56.0 Å². The van der Waals surface area contributed by atoms with E-state index in [-0.39, 0.29) is 6.10 Å². The van der Waals surface area contributed by atoms with Gasteiger partial charge in [-0.2, -0.15) is 5.26 Å². The Morgan fingerprint density at radius 2 is 2.20 bits per heavy atom. The lowest BCUT2D eigenvalue weighted by Gasteiger charge is -2.33. The summed E-state index contributed by atoms with van der Waals surface area (Å²) in [5.41, 5.74) is 2.64. The van der Waals surface area contributed by atoms with Gasteiger partial charge in [-0.1, -0.05) is 6.07 Å². The van der Waals surface area contributed by atoms with Crippen molar-refractivity contribution in [3.05, 3.63) is 29.3 Å². The van der Waals surface area contributed by atoms with Crippen LogP contribution >= 0.6 is 0 Å². The van der Waals surface area contributed by atoms with Gasteiger partial charge in [-0.3, -0.25) is 0 Å². The molecule has 1 aromatic rings. The first-order chi connectivity index (χ1) is 7.19. The van der Waals surface area contributed by atoms with Crippen LogP contribution in [0.25, 0.3) is 0 Å². The lowest BCUT2D eigenvalue weighted by molar-refractivity contribution is 0.0836. The molecular formula is C12H14N2O. The van der Waals surface area contributed by atoms with Crippen LogP contribution in [0.1, 0.15) is 24.0 Å². The molecule has 0 heterocycles. The van der Waals surface area contributed by atoms with Crippen LogP contribution in [0.15, 0.2) is 18.2 Å². The first kappa shape index (κ1) is 10.0. The van der Waals surface area contributed by atoms with Crippen LogP contribution in [-0.2, 0) is 0 Å². The first-order valence-electron chi connectivity index (χ1n) is 5.14. The number of anilines is 1. The van der Waals surface area contributed by atoms with Gasteiger partial charge in [0.2, 0.25) is 0 Å². The number of nitrogens with zero attached hydrogens (tertiary/aromatic N) is 1. The molecule has 1 aliphatic carbocycles. The Balaban J connectivity index is 2.11. The number of nitrogens with one attached hydrogen (secondary N) is 1. The van der Waals surface area contributed by atoms with Crippen molar-refractivity contribution in [2.75, 3.05) is 5.32 Å². The van der Waals surface area contributed by atoms with E-state index in [1.165, 1.54) is 0 Å². The summed E-state index contributed by atoms with van der Waals surface area (Å²) >= 11 is 0. The molecule has 2 N–H and O–H groups in total. The Morgan fingerprint density at radius 1 is 1.47 bits per heavy atom. The maximum atomic E-state index is 9.16. The highest BCUT2D eigenvalue weighted by molar-refractivity contribution is 5.59. The van der Waals surface area contributed by atoms with Crippen LogP contribution < -0.4 is 5.32 Å². The number of benzene rings is 1. The van der Waals surface area contributed by atoms with E-state index in [0.29, 0.717) is 11.6 Å². The van der Waals surface area contributed by atoms with Crippen molar-refractivity contribution in [3.63, 3.8) is 0 Å². The van der Waals surface area contributed by atoms with Crippen LogP contribution in [0.5, 0.6) is 0 Å². The molecule has 0 spiro atoms. The van der Waals surface area contributed by atoms with Crippen molar-refractivity contribution in [1.82, 2.24) is 0 Å². The highest BCUT2D eigenvalue weighted by Crippen LogP contribution is 2.26. The second-order valence-electron chi connectivity index (χ2n) is 4.13. The number of rotatable bonds is 2. The van der Waals surface area contributed by atoms with Crippen molar-refractivity contribution < 1.29 is 5.11 Å². The number of aliphatic hydroxyl groups excluding tert-OH is 1. The molecule has 0 atom stereocenters. The average Bonchev–Trinajstić information content (AvgIpc) is 2.18. The van der Waals surface area contributed by atoms with Crippen LogP contribution in [0.2, 0.25) is 0 Å². The number of hydrogen-bond acceptors (Lipinski definition) is 3.